The van der Waals surface area contributed by atoms with Gasteiger partial charge >= 0.3 is 11.0 Å². The van der Waals surface area contributed by atoms with Crippen molar-refractivity contribution in [1.82, 2.24) is 0 Å². The topological polar surface area (TPSA) is 68.3 Å². The Labute approximate surface area is 115 Å². The van der Waals surface area contributed by atoms with Crippen molar-refractivity contribution < 1.29 is 43.2 Å². The summed E-state index contributed by atoms with van der Waals surface area (Å²) < 4.78 is 117. The summed E-state index contributed by atoms with van der Waals surface area (Å²) in [6.07, 6.45) is 3.03. The van der Waals surface area contributed by atoms with Crippen molar-refractivity contribution in [3.8, 4) is 0 Å². The highest BCUT2D eigenvalue weighted by Gasteiger charge is 2.60. The summed E-state index contributed by atoms with van der Waals surface area (Å²) >= 11 is 0. The molecule has 0 aliphatic heterocycles. The predicted octanol–water partition coefficient (Wildman–Crippen LogP) is 2.58. The van der Waals surface area contributed by atoms with E-state index in [0.29, 0.717) is 6.08 Å². The van der Waals surface area contributed by atoms with Crippen LogP contribution in [0, 0.1) is 0 Å². The van der Waals surface area contributed by atoms with Crippen LogP contribution in [0.3, 0.4) is 0 Å². The Bertz CT molecular complexity index is 673. The number of halogens is 6. The van der Waals surface area contributed by atoms with Crippen LogP contribution in [0.4, 0.5) is 26.3 Å². The van der Waals surface area contributed by atoms with Crippen LogP contribution >= 0.6 is 0 Å². The minimum atomic E-state index is -6.69. The summed E-state index contributed by atoms with van der Waals surface area (Å²) in [5.74, 6) is 0. The second-order valence-electron chi connectivity index (χ2n) is 3.70. The first kappa shape index (κ1) is 17.8. The van der Waals surface area contributed by atoms with Crippen LogP contribution in [0.5, 0.6) is 0 Å². The molecule has 0 bridgehead atoms. The average molecular weight is 356 g/mol. The van der Waals surface area contributed by atoms with Crippen LogP contribution < -0.4 is 0 Å². The lowest BCUT2D eigenvalue weighted by atomic mass is 10.1. The minimum Gasteiger partial charge on any atom is -0.214 e. The molecule has 21 heavy (non-hydrogen) atoms. The molecule has 0 aromatic rings. The zero-order valence-corrected chi connectivity index (χ0v) is 11.4. The predicted molar refractivity (Wildman–Crippen MR) is 59.9 cm³/mol. The summed E-state index contributed by atoms with van der Waals surface area (Å²) in [5.41, 5.74) is -13.5. The van der Waals surface area contributed by atoms with Crippen LogP contribution in [0.1, 0.15) is 6.42 Å². The smallest absolute Gasteiger partial charge is 0.214 e. The highest BCUT2D eigenvalue weighted by atomic mass is 32.3. The molecule has 0 saturated carbocycles. The van der Waals surface area contributed by atoms with Gasteiger partial charge in [0.15, 0.2) is 4.24 Å². The molecular formula is C9H6F6O4S2. The zero-order valence-electron chi connectivity index (χ0n) is 9.73. The zero-order chi connectivity index (χ0) is 16.7. The van der Waals surface area contributed by atoms with Gasteiger partial charge in [0.1, 0.15) is 0 Å². The molecule has 12 heteroatoms. The summed E-state index contributed by atoms with van der Waals surface area (Å²) in [6.45, 7) is 0. The van der Waals surface area contributed by atoms with E-state index < -0.39 is 46.9 Å². The second kappa shape index (κ2) is 5.16. The van der Waals surface area contributed by atoms with Gasteiger partial charge in [0.25, 0.3) is 19.7 Å². The van der Waals surface area contributed by atoms with E-state index >= 15 is 0 Å². The monoisotopic (exact) mass is 356 g/mol. The van der Waals surface area contributed by atoms with Gasteiger partial charge in [-0.1, -0.05) is 24.3 Å². The Kier molecular flexibility index (Phi) is 4.36. The van der Waals surface area contributed by atoms with E-state index in [1.54, 1.807) is 0 Å². The van der Waals surface area contributed by atoms with Crippen LogP contribution in [0.25, 0.3) is 0 Å². The van der Waals surface area contributed by atoms with Gasteiger partial charge in [0.05, 0.1) is 0 Å². The van der Waals surface area contributed by atoms with Crippen molar-refractivity contribution in [3.05, 3.63) is 34.1 Å². The van der Waals surface area contributed by atoms with Crippen LogP contribution in [0.2, 0.25) is 0 Å². The second-order valence-corrected chi connectivity index (χ2v) is 7.72. The number of sulfone groups is 2. The molecule has 0 N–H and O–H groups in total. The summed E-state index contributed by atoms with van der Waals surface area (Å²) in [5, 5.41) is 0. The Morgan fingerprint density at radius 3 is 1.57 bits per heavy atom. The molecule has 1 rings (SSSR count). The van der Waals surface area contributed by atoms with E-state index in [1.165, 1.54) is 6.08 Å². The molecule has 1 aliphatic carbocycles. The van der Waals surface area contributed by atoms with E-state index in [2.05, 4.69) is 0 Å². The standard InChI is InChI=1S/C9H6F6O4S2/c10-8(11,12)20(16,17)7(6-4-2-1-3-5-6)21(18,19)9(13,14)15/h1-4H,5H2. The molecule has 120 valence electrons. The molecule has 0 aromatic heterocycles. The Morgan fingerprint density at radius 1 is 0.857 bits per heavy atom. The van der Waals surface area contributed by atoms with Crippen molar-refractivity contribution in [2.24, 2.45) is 0 Å². The van der Waals surface area contributed by atoms with E-state index in [4.69, 9.17) is 0 Å². The molecule has 0 atom stereocenters. The summed E-state index contributed by atoms with van der Waals surface area (Å²) in [7, 11) is -13.4. The van der Waals surface area contributed by atoms with Gasteiger partial charge in [0, 0.05) is 0 Å². The van der Waals surface area contributed by atoms with Gasteiger partial charge in [-0.25, -0.2) is 16.8 Å². The molecule has 0 unspecified atom stereocenters. The molecule has 0 heterocycles. The van der Waals surface area contributed by atoms with Crippen LogP contribution in [-0.4, -0.2) is 27.9 Å². The molecular weight excluding hydrogens is 350 g/mol. The first-order valence-electron chi connectivity index (χ1n) is 4.92. The molecule has 0 aromatic carbocycles. The lowest BCUT2D eigenvalue weighted by Crippen LogP contribution is -2.35. The van der Waals surface area contributed by atoms with Crippen molar-refractivity contribution in [1.29, 1.82) is 0 Å². The lowest BCUT2D eigenvalue weighted by molar-refractivity contribution is -0.0444. The number of alkyl halides is 6. The number of hydrogen-bond donors (Lipinski definition) is 0. The molecule has 0 amide bonds. The van der Waals surface area contributed by atoms with Gasteiger partial charge in [0.2, 0.25) is 0 Å². The quantitative estimate of drug-likeness (QED) is 0.713. The number of hydrogen-bond acceptors (Lipinski definition) is 4. The highest BCUT2D eigenvalue weighted by molar-refractivity contribution is 8.15. The van der Waals surface area contributed by atoms with Gasteiger partial charge in [-0.3, -0.25) is 0 Å². The number of rotatable bonds is 2. The summed E-state index contributed by atoms with van der Waals surface area (Å²) in [6, 6.07) is 0. The minimum absolute atomic E-state index is 0.571. The highest BCUT2D eigenvalue weighted by Crippen LogP contribution is 2.41. The third-order valence-corrected chi connectivity index (χ3v) is 6.28. The molecule has 1 aliphatic rings. The first-order chi connectivity index (χ1) is 9.23. The SMILES string of the molecule is O=S(=O)(C(=C1C=CC=CC1)S(=O)(=O)C(F)(F)F)C(F)(F)F. The Morgan fingerprint density at radius 2 is 1.29 bits per heavy atom. The third kappa shape index (κ3) is 3.15. The van der Waals surface area contributed by atoms with E-state index in [0.717, 1.165) is 12.2 Å². The lowest BCUT2D eigenvalue weighted by Gasteiger charge is -2.17. The van der Waals surface area contributed by atoms with E-state index in [-0.39, 0.29) is 0 Å². The maximum atomic E-state index is 12.5. The maximum Gasteiger partial charge on any atom is 0.502 e. The largest absolute Gasteiger partial charge is 0.502 e. The van der Waals surface area contributed by atoms with E-state index in [1.807, 2.05) is 0 Å². The van der Waals surface area contributed by atoms with Gasteiger partial charge in [-0.15, -0.1) is 0 Å². The van der Waals surface area contributed by atoms with Crippen molar-refractivity contribution in [2.75, 3.05) is 0 Å². The van der Waals surface area contributed by atoms with E-state index in [9.17, 15) is 43.2 Å². The fourth-order valence-corrected chi connectivity index (χ4v) is 4.50. The summed E-state index contributed by atoms with van der Waals surface area (Å²) in [4.78, 5) is 0. The fraction of sp³-hybridized carbons (Fsp3) is 0.333. The molecule has 0 spiro atoms. The molecule has 0 radical (unpaired) electrons. The Hall–Kier alpha value is -1.30. The number of allylic oxidation sites excluding steroid dienone is 5. The molecule has 0 fully saturated rings. The van der Waals surface area contributed by atoms with Crippen molar-refractivity contribution in [2.45, 2.75) is 17.4 Å². The fourth-order valence-electron chi connectivity index (χ4n) is 1.36. The van der Waals surface area contributed by atoms with Gasteiger partial charge in [-0.2, -0.15) is 26.3 Å². The first-order valence-corrected chi connectivity index (χ1v) is 7.88. The average Bonchev–Trinajstić information content (AvgIpc) is 2.26. The third-order valence-electron chi connectivity index (χ3n) is 2.24. The molecule has 0 saturated heterocycles. The van der Waals surface area contributed by atoms with Crippen molar-refractivity contribution >= 4 is 19.7 Å². The van der Waals surface area contributed by atoms with Gasteiger partial charge < -0.3 is 0 Å². The van der Waals surface area contributed by atoms with Gasteiger partial charge in [-0.05, 0) is 12.0 Å². The van der Waals surface area contributed by atoms with Crippen LogP contribution in [0.15, 0.2) is 34.1 Å². The van der Waals surface area contributed by atoms with Crippen LogP contribution in [-0.2, 0) is 19.7 Å². The Balaban J connectivity index is 3.81. The normalized spacial score (nSPS) is 17.1. The van der Waals surface area contributed by atoms with Crippen molar-refractivity contribution in [3.63, 3.8) is 0 Å². The molecule has 4 nitrogen and oxygen atoms in total. The maximum absolute atomic E-state index is 12.5.